The molecule has 1 aliphatic carbocycles. The van der Waals surface area contributed by atoms with Crippen LogP contribution < -0.4 is 0 Å². The molecule has 1 aliphatic heterocycles. The van der Waals surface area contributed by atoms with Gasteiger partial charge in [0.15, 0.2) is 0 Å². The molecule has 1 atom stereocenters. The molecule has 0 amide bonds. The van der Waals surface area contributed by atoms with E-state index in [4.69, 9.17) is 4.74 Å². The molecule has 2 rings (SSSR count). The summed E-state index contributed by atoms with van der Waals surface area (Å²) in [5.41, 5.74) is 0. The number of rotatable bonds is 2. The molecule has 1 saturated carbocycles. The molecule has 2 aliphatic rings. The summed E-state index contributed by atoms with van der Waals surface area (Å²) in [5, 5.41) is -0.0898. The van der Waals surface area contributed by atoms with Crippen molar-refractivity contribution in [1.82, 2.24) is 4.31 Å². The highest BCUT2D eigenvalue weighted by Gasteiger charge is 2.42. The molecule has 0 radical (unpaired) electrons. The molecule has 1 heterocycles. The van der Waals surface area contributed by atoms with Gasteiger partial charge in [-0.05, 0) is 19.8 Å². The van der Waals surface area contributed by atoms with Gasteiger partial charge in [-0.3, -0.25) is 0 Å². The Morgan fingerprint density at radius 2 is 2.08 bits per heavy atom. The van der Waals surface area contributed by atoms with Crippen molar-refractivity contribution in [3.63, 3.8) is 0 Å². The topological polar surface area (TPSA) is 46.6 Å². The normalized spacial score (nSPS) is 31.9. The van der Waals surface area contributed by atoms with Crippen LogP contribution in [-0.2, 0) is 14.8 Å². The number of ether oxygens (including phenoxy) is 1. The van der Waals surface area contributed by atoms with Crippen molar-refractivity contribution in [3.05, 3.63) is 0 Å². The van der Waals surface area contributed by atoms with Crippen LogP contribution in [0.3, 0.4) is 0 Å². The lowest BCUT2D eigenvalue weighted by Crippen LogP contribution is -2.48. The summed E-state index contributed by atoms with van der Waals surface area (Å²) in [6.45, 7) is 3.50. The van der Waals surface area contributed by atoms with Crippen molar-refractivity contribution in [3.8, 4) is 0 Å². The van der Waals surface area contributed by atoms with E-state index >= 15 is 0 Å². The fourth-order valence-corrected chi connectivity index (χ4v) is 3.65. The quantitative estimate of drug-likeness (QED) is 0.647. The van der Waals surface area contributed by atoms with E-state index in [1.54, 1.807) is 4.31 Å². The first-order chi connectivity index (χ1) is 6.12. The minimum Gasteiger partial charge on any atom is -0.378 e. The van der Waals surface area contributed by atoms with Crippen LogP contribution in [0.1, 0.15) is 19.8 Å². The van der Waals surface area contributed by atoms with Crippen molar-refractivity contribution in [2.45, 2.75) is 31.1 Å². The average Bonchev–Trinajstić information content (AvgIpc) is 2.86. The highest BCUT2D eigenvalue weighted by atomic mass is 32.2. The zero-order valence-corrected chi connectivity index (χ0v) is 8.59. The van der Waals surface area contributed by atoms with Crippen LogP contribution in [0.2, 0.25) is 0 Å². The number of morpholine rings is 1. The van der Waals surface area contributed by atoms with Crippen LogP contribution in [0, 0.1) is 0 Å². The molecule has 0 bridgehead atoms. The molecule has 76 valence electrons. The summed E-state index contributed by atoms with van der Waals surface area (Å²) in [5.74, 6) is 0. The number of hydrogen-bond donors (Lipinski definition) is 0. The average molecular weight is 205 g/mol. The van der Waals surface area contributed by atoms with Crippen LogP contribution in [-0.4, -0.2) is 43.8 Å². The van der Waals surface area contributed by atoms with Gasteiger partial charge < -0.3 is 4.74 Å². The van der Waals surface area contributed by atoms with Crippen molar-refractivity contribution in [2.75, 3.05) is 19.8 Å². The first kappa shape index (κ1) is 9.43. The molecule has 0 N–H and O–H groups in total. The molecule has 0 unspecified atom stereocenters. The number of hydrogen-bond acceptors (Lipinski definition) is 3. The smallest absolute Gasteiger partial charge is 0.217 e. The molecule has 0 aromatic heterocycles. The highest BCUT2D eigenvalue weighted by molar-refractivity contribution is 7.90. The molecule has 0 aromatic rings. The Labute approximate surface area is 78.9 Å². The molecule has 5 heteroatoms. The van der Waals surface area contributed by atoms with E-state index in [1.165, 1.54) is 0 Å². The van der Waals surface area contributed by atoms with E-state index in [1.807, 2.05) is 6.92 Å². The van der Waals surface area contributed by atoms with Crippen molar-refractivity contribution < 1.29 is 13.2 Å². The lowest BCUT2D eigenvalue weighted by Gasteiger charge is -2.32. The lowest BCUT2D eigenvalue weighted by molar-refractivity contribution is 0.0392. The summed E-state index contributed by atoms with van der Waals surface area (Å²) in [7, 11) is -2.98. The molecular formula is C8H15NO3S. The maximum Gasteiger partial charge on any atom is 0.217 e. The van der Waals surface area contributed by atoms with Gasteiger partial charge in [-0.2, -0.15) is 4.31 Å². The molecule has 2 fully saturated rings. The fourth-order valence-electron chi connectivity index (χ4n) is 1.65. The van der Waals surface area contributed by atoms with Crippen LogP contribution >= 0.6 is 0 Å². The third-order valence-electron chi connectivity index (χ3n) is 2.58. The fraction of sp³-hybridized carbons (Fsp3) is 1.00. The molecule has 1 saturated heterocycles. The second kappa shape index (κ2) is 3.22. The Morgan fingerprint density at radius 3 is 2.62 bits per heavy atom. The third kappa shape index (κ3) is 1.73. The predicted molar refractivity (Wildman–Crippen MR) is 48.9 cm³/mol. The summed E-state index contributed by atoms with van der Waals surface area (Å²) >= 11 is 0. The highest BCUT2D eigenvalue weighted by Crippen LogP contribution is 2.32. The van der Waals surface area contributed by atoms with Gasteiger partial charge in [0, 0.05) is 12.6 Å². The minimum atomic E-state index is -2.98. The number of sulfonamides is 1. The summed E-state index contributed by atoms with van der Waals surface area (Å²) in [4.78, 5) is 0. The summed E-state index contributed by atoms with van der Waals surface area (Å²) in [6.07, 6.45) is 1.68. The molecule has 13 heavy (non-hydrogen) atoms. The Balaban J connectivity index is 2.13. The van der Waals surface area contributed by atoms with Crippen LogP contribution in [0.25, 0.3) is 0 Å². The maximum absolute atomic E-state index is 11.8. The second-order valence-corrected chi connectivity index (χ2v) is 5.94. The van der Waals surface area contributed by atoms with E-state index < -0.39 is 10.0 Å². The zero-order chi connectivity index (χ0) is 9.47. The second-order valence-electron chi connectivity index (χ2n) is 3.78. The third-order valence-corrected chi connectivity index (χ3v) is 5.09. The van der Waals surface area contributed by atoms with Gasteiger partial charge in [-0.25, -0.2) is 8.42 Å². The van der Waals surface area contributed by atoms with Crippen molar-refractivity contribution in [2.24, 2.45) is 0 Å². The first-order valence-corrected chi connectivity index (χ1v) is 6.21. The molecule has 4 nitrogen and oxygen atoms in total. The monoisotopic (exact) mass is 205 g/mol. The predicted octanol–water partition coefficient (Wildman–Crippen LogP) is 0.199. The van der Waals surface area contributed by atoms with Gasteiger partial charge in [0.1, 0.15) is 0 Å². The van der Waals surface area contributed by atoms with Gasteiger partial charge in [-0.15, -0.1) is 0 Å². The summed E-state index contributed by atoms with van der Waals surface area (Å²) in [6, 6.07) is 0.0133. The maximum atomic E-state index is 11.8. The zero-order valence-electron chi connectivity index (χ0n) is 7.77. The first-order valence-electron chi connectivity index (χ1n) is 4.71. The van der Waals surface area contributed by atoms with Crippen LogP contribution in [0.4, 0.5) is 0 Å². The SMILES string of the molecule is C[C@@H]1COCCN1S(=O)(=O)C1CC1. The Hall–Kier alpha value is -0.130. The molecular weight excluding hydrogens is 190 g/mol. The number of nitrogens with zero attached hydrogens (tertiary/aromatic N) is 1. The van der Waals surface area contributed by atoms with Crippen molar-refractivity contribution in [1.29, 1.82) is 0 Å². The minimum absolute atomic E-state index is 0.0133. The largest absolute Gasteiger partial charge is 0.378 e. The van der Waals surface area contributed by atoms with Crippen LogP contribution in [0.15, 0.2) is 0 Å². The Bertz CT molecular complexity index is 284. The standard InChI is InChI=1S/C8H15NO3S/c1-7-6-12-5-4-9(7)13(10,11)8-2-3-8/h7-8H,2-6H2,1H3/t7-/m1/s1. The van der Waals surface area contributed by atoms with Gasteiger partial charge in [-0.1, -0.05) is 0 Å². The van der Waals surface area contributed by atoms with Gasteiger partial charge in [0.2, 0.25) is 10.0 Å². The molecule has 0 aromatic carbocycles. The van der Waals surface area contributed by atoms with Gasteiger partial charge in [0.05, 0.1) is 18.5 Å². The van der Waals surface area contributed by atoms with E-state index in [2.05, 4.69) is 0 Å². The Kier molecular flexibility index (Phi) is 2.33. The van der Waals surface area contributed by atoms with E-state index in [0.29, 0.717) is 19.8 Å². The van der Waals surface area contributed by atoms with Gasteiger partial charge >= 0.3 is 0 Å². The summed E-state index contributed by atoms with van der Waals surface area (Å²) < 4.78 is 30.5. The van der Waals surface area contributed by atoms with E-state index in [-0.39, 0.29) is 11.3 Å². The van der Waals surface area contributed by atoms with E-state index in [0.717, 1.165) is 12.8 Å². The van der Waals surface area contributed by atoms with Crippen molar-refractivity contribution >= 4 is 10.0 Å². The van der Waals surface area contributed by atoms with Crippen LogP contribution in [0.5, 0.6) is 0 Å². The van der Waals surface area contributed by atoms with Gasteiger partial charge in [0.25, 0.3) is 0 Å². The Morgan fingerprint density at radius 1 is 1.38 bits per heavy atom. The van der Waals surface area contributed by atoms with E-state index in [9.17, 15) is 8.42 Å². The lowest BCUT2D eigenvalue weighted by atomic mass is 10.3. The molecule has 0 spiro atoms.